The van der Waals surface area contributed by atoms with Gasteiger partial charge in [-0.3, -0.25) is 23.7 Å². The molecular weight excluding hydrogens is 1170 g/mol. The third kappa shape index (κ3) is 18.0. The number of para-hydroxylation sites is 2. The van der Waals surface area contributed by atoms with Gasteiger partial charge in [-0.2, -0.15) is 0 Å². The Labute approximate surface area is 536 Å². The topological polar surface area (TPSA) is 281 Å². The summed E-state index contributed by atoms with van der Waals surface area (Å²) in [6, 6.07) is 48.7. The Hall–Kier alpha value is -7.13. The Balaban J connectivity index is 0.000000369. The quantitative estimate of drug-likeness (QED) is 0.0188. The van der Waals surface area contributed by atoms with E-state index in [1.54, 1.807) is 48.5 Å². The summed E-state index contributed by atoms with van der Waals surface area (Å²) in [5.74, 6) is -4.88. The number of aliphatic carboxylic acids is 2. The third-order valence-corrected chi connectivity index (χ3v) is 15.7. The van der Waals surface area contributed by atoms with Crippen LogP contribution >= 0.6 is 7.60 Å². The molecule has 1 unspecified atom stereocenters. The van der Waals surface area contributed by atoms with Gasteiger partial charge in [-0.25, -0.2) is 8.78 Å². The van der Waals surface area contributed by atoms with E-state index in [1.165, 1.54) is 24.3 Å². The fourth-order valence-electron chi connectivity index (χ4n) is 10.7. The van der Waals surface area contributed by atoms with Crippen molar-refractivity contribution in [3.8, 4) is 44.8 Å². The molecule has 2 heterocycles. The first-order chi connectivity index (χ1) is 40.9. The maximum Gasteiger partial charge on any atom is 2.00 e. The molecule has 0 bridgehead atoms. The molecule has 0 aliphatic heterocycles. The minimum absolute atomic E-state index is 0. The smallest absolute Gasteiger partial charge is 1.00 e. The third-order valence-electron chi connectivity index (χ3n) is 14.4. The fourth-order valence-corrected chi connectivity index (χ4v) is 11.6. The Morgan fingerprint density at radius 3 is 1.17 bits per heavy atom. The second kappa shape index (κ2) is 31.7. The average Bonchev–Trinajstić information content (AvgIpc) is 2.04. The number of carboxylic acid groups (broad SMARTS) is 2. The average molecular weight is 1240 g/mol. The Morgan fingerprint density at radius 1 is 0.506 bits per heavy atom. The minimum Gasteiger partial charge on any atom is -1.00 e. The molecule has 0 aliphatic carbocycles. The van der Waals surface area contributed by atoms with Crippen LogP contribution in [0.5, 0.6) is 0 Å². The number of carboxylic acids is 2. The molecule has 0 aliphatic rings. The van der Waals surface area contributed by atoms with E-state index >= 15 is 0 Å². The number of anilines is 2. The van der Waals surface area contributed by atoms with Gasteiger partial charge in [0.25, 0.3) is 11.8 Å². The van der Waals surface area contributed by atoms with Gasteiger partial charge in [0, 0.05) is 53.4 Å². The monoisotopic (exact) mass is 1240 g/mol. The number of nitrogens with zero attached hydrogens (tertiary/aromatic N) is 2. The van der Waals surface area contributed by atoms with Gasteiger partial charge in [-0.15, -0.1) is 0 Å². The van der Waals surface area contributed by atoms with Gasteiger partial charge in [-0.05, 0) is 126 Å². The number of rotatable bonds is 25. The molecular formula is C66H73CaF2N4O13P. The number of carbonyl (C=O) groups excluding carboxylic acids is 2. The standard InChI is InChI=1S/C33H36FN2O8P.C33H35FN2O5.Ca.2H/c1-20(2)29-28(32(39)35-24-11-7-4-8-12-24)27(21-9-5-3-6-10-21)30(22-13-15-23(34)16-14-22)36(29)18-17-25(37)19-26(38)31(33(40)41)45(42,43)44;1-21(2)31-30(33(41)35-25-11-7-4-8-12-25)29(22-9-5-3-6-10-22)32(23-13-15-24(34)16-14-23)36(31)18-17-26(37)19-27(38)20-28(39)40;;;/h3-16,20,25-26,31,37-38H,17-19H2,1-2H3,(H,35,39)(H,40,41)(H2,42,43,44);3-16,21,26-27,37-38H,17-20H2,1-2H3,(H,35,41)(H,39,40);;;/q;;+2;2*-1/t25-,26-,31?;26-,27-;;;/m11.../s1. The van der Waals surface area contributed by atoms with Gasteiger partial charge in [0.15, 0.2) is 5.66 Å². The summed E-state index contributed by atoms with van der Waals surface area (Å²) in [5, 5.41) is 66.2. The van der Waals surface area contributed by atoms with Crippen LogP contribution in [0.3, 0.4) is 0 Å². The number of hydrogen-bond donors (Lipinski definition) is 10. The molecule has 87 heavy (non-hydrogen) atoms. The maximum absolute atomic E-state index is 14.1. The van der Waals surface area contributed by atoms with E-state index in [9.17, 15) is 67.8 Å². The predicted octanol–water partition coefficient (Wildman–Crippen LogP) is 11.6. The van der Waals surface area contributed by atoms with Crippen molar-refractivity contribution >= 4 is 80.5 Å². The molecule has 8 aromatic rings. The van der Waals surface area contributed by atoms with E-state index in [0.717, 1.165) is 16.8 Å². The van der Waals surface area contributed by atoms with E-state index in [4.69, 9.17) is 5.11 Å². The second-order valence-electron chi connectivity index (χ2n) is 21.5. The molecule has 0 saturated carbocycles. The SMILES string of the molecule is CC(C)c1c(C(=O)Nc2ccccc2)c(-c2ccccc2)c(-c2ccc(F)cc2)n1CC[C@@H](O)C[C@@H](O)C(C(=O)O)P(=O)(O)O.CC(C)c1c(C(=O)Nc2ccccc2)c(-c2ccccc2)c(-c2ccc(F)cc2)n1CC[C@@H](O)C[C@@H](O)CC(=O)O.[Ca+2].[H-].[H-]. The van der Waals surface area contributed by atoms with Crippen LogP contribution < -0.4 is 10.6 Å². The number of amides is 2. The van der Waals surface area contributed by atoms with E-state index in [-0.39, 0.29) is 102 Å². The summed E-state index contributed by atoms with van der Waals surface area (Å²) < 4.78 is 43.6. The maximum atomic E-state index is 14.1. The van der Waals surface area contributed by atoms with Gasteiger partial charge in [0.2, 0.25) is 0 Å². The number of benzene rings is 6. The first-order valence-electron chi connectivity index (χ1n) is 28.0. The second-order valence-corrected chi connectivity index (χ2v) is 23.2. The largest absolute Gasteiger partial charge is 2.00 e. The first-order valence-corrected chi connectivity index (χ1v) is 29.7. The molecule has 8 rings (SSSR count). The van der Waals surface area contributed by atoms with Gasteiger partial charge in [-0.1, -0.05) is 125 Å². The zero-order valence-corrected chi connectivity index (χ0v) is 51.7. The molecule has 5 atom stereocenters. The first kappa shape index (κ1) is 69.0. The summed E-state index contributed by atoms with van der Waals surface area (Å²) >= 11 is 0. The normalized spacial score (nSPS) is 13.1. The number of aromatic nitrogens is 2. The molecule has 456 valence electrons. The Bertz CT molecular complexity index is 3640. The van der Waals surface area contributed by atoms with E-state index in [2.05, 4.69) is 10.6 Å². The zero-order valence-electron chi connectivity index (χ0n) is 50.6. The molecule has 0 radical (unpaired) electrons. The van der Waals surface area contributed by atoms with Crippen molar-refractivity contribution in [2.75, 3.05) is 10.6 Å². The molecule has 2 aromatic heterocycles. The van der Waals surface area contributed by atoms with Crippen molar-refractivity contribution in [1.29, 1.82) is 0 Å². The summed E-state index contributed by atoms with van der Waals surface area (Å²) in [6.07, 6.45) is -6.57. The van der Waals surface area contributed by atoms with Crippen LogP contribution in [0.15, 0.2) is 170 Å². The number of aliphatic hydroxyl groups is 4. The van der Waals surface area contributed by atoms with Crippen molar-refractivity contribution in [1.82, 2.24) is 9.13 Å². The van der Waals surface area contributed by atoms with Crippen molar-refractivity contribution in [2.24, 2.45) is 0 Å². The van der Waals surface area contributed by atoms with Gasteiger partial charge >= 0.3 is 57.3 Å². The predicted molar refractivity (Wildman–Crippen MR) is 334 cm³/mol. The van der Waals surface area contributed by atoms with E-state index < -0.39 is 68.3 Å². The summed E-state index contributed by atoms with van der Waals surface area (Å²) in [7, 11) is -5.21. The molecule has 0 fully saturated rings. The van der Waals surface area contributed by atoms with Gasteiger partial charge < -0.3 is 63.0 Å². The van der Waals surface area contributed by atoms with Gasteiger partial charge in [0.1, 0.15) is 11.6 Å². The zero-order chi connectivity index (χ0) is 62.4. The number of nitrogens with one attached hydrogen (secondary N) is 2. The number of halogens is 2. The van der Waals surface area contributed by atoms with E-state index in [1.807, 2.05) is 134 Å². The van der Waals surface area contributed by atoms with Crippen LogP contribution in [0.2, 0.25) is 0 Å². The number of aliphatic hydroxyl groups excluding tert-OH is 4. The van der Waals surface area contributed by atoms with Crippen molar-refractivity contribution in [3.05, 3.63) is 204 Å². The molecule has 21 heteroatoms. The molecule has 17 nitrogen and oxygen atoms in total. The molecule has 0 spiro atoms. The van der Waals surface area contributed by atoms with Gasteiger partial charge in [0.05, 0.1) is 53.4 Å². The Morgan fingerprint density at radius 2 is 0.851 bits per heavy atom. The van der Waals surface area contributed by atoms with Crippen LogP contribution in [0.25, 0.3) is 44.8 Å². The van der Waals surface area contributed by atoms with Crippen LogP contribution in [0.1, 0.15) is 107 Å². The molecule has 0 saturated heterocycles. The van der Waals surface area contributed by atoms with Crippen LogP contribution in [0.4, 0.5) is 20.2 Å². The fraction of sp³-hybridized carbons (Fsp3) is 0.273. The summed E-state index contributed by atoms with van der Waals surface area (Å²) in [6.45, 7) is 8.14. The van der Waals surface area contributed by atoms with E-state index in [0.29, 0.717) is 61.8 Å². The van der Waals surface area contributed by atoms with Crippen LogP contribution in [-0.2, 0) is 27.2 Å². The van der Waals surface area contributed by atoms with Crippen molar-refractivity contribution < 1.29 is 75.8 Å². The van der Waals surface area contributed by atoms with Crippen LogP contribution in [0, 0.1) is 11.6 Å². The number of carbonyl (C=O) groups is 4. The molecule has 10 N–H and O–H groups in total. The van der Waals surface area contributed by atoms with Crippen molar-refractivity contribution in [2.45, 2.75) is 115 Å². The van der Waals surface area contributed by atoms with Crippen LogP contribution in [-0.4, -0.2) is 141 Å². The summed E-state index contributed by atoms with van der Waals surface area (Å²) in [4.78, 5) is 69.5. The number of hydrogen-bond acceptors (Lipinski definition) is 9. The molecule has 2 amide bonds. The summed E-state index contributed by atoms with van der Waals surface area (Å²) in [5.41, 5.74) is 6.43. The minimum atomic E-state index is -5.21. The van der Waals surface area contributed by atoms with Crippen molar-refractivity contribution in [3.63, 3.8) is 0 Å². The molecule has 6 aromatic carbocycles. The Kier molecular flexibility index (Phi) is 25.1.